The molecule has 2 aromatic carbocycles. The van der Waals surface area contributed by atoms with Crippen LogP contribution in [0.2, 0.25) is 0 Å². The maximum Gasteiger partial charge on any atom is 0.273 e. The third kappa shape index (κ3) is 3.85. The number of carbonyl (C=O) groups is 1. The number of hydrogen-bond donors (Lipinski definition) is 2. The first-order valence-electron chi connectivity index (χ1n) is 11.4. The van der Waals surface area contributed by atoms with Gasteiger partial charge < -0.3 is 14.7 Å². The van der Waals surface area contributed by atoms with Gasteiger partial charge in [-0.3, -0.25) is 9.89 Å². The quantitative estimate of drug-likeness (QED) is 0.458. The topological polar surface area (TPSA) is 78.5 Å². The Labute approximate surface area is 189 Å². The number of carbonyl (C=O) groups excluding carboxylic acids is 1. The average Bonchev–Trinajstić information content (AvgIpc) is 3.28. The molecule has 4 rings (SSSR count). The lowest BCUT2D eigenvalue weighted by atomic mass is 9.93. The summed E-state index contributed by atoms with van der Waals surface area (Å²) in [6.45, 7) is 9.45. The molecule has 0 saturated carbocycles. The Hall–Kier alpha value is -3.28. The number of unbranched alkanes of at least 4 members (excludes halogenated alkanes) is 1. The molecule has 2 N–H and O–H groups in total. The van der Waals surface area contributed by atoms with E-state index in [0.717, 1.165) is 47.3 Å². The number of aromatic amines is 1. The highest BCUT2D eigenvalue weighted by atomic mass is 16.5. The van der Waals surface area contributed by atoms with Crippen LogP contribution in [-0.4, -0.2) is 39.3 Å². The number of ether oxygens (including phenoxy) is 1. The van der Waals surface area contributed by atoms with Gasteiger partial charge in [0.15, 0.2) is 0 Å². The van der Waals surface area contributed by atoms with Gasteiger partial charge in [0.2, 0.25) is 0 Å². The van der Waals surface area contributed by atoms with Gasteiger partial charge in [-0.1, -0.05) is 38.5 Å². The second-order valence-electron chi connectivity index (χ2n) is 8.51. The van der Waals surface area contributed by atoms with E-state index in [2.05, 4.69) is 24.0 Å². The highest BCUT2D eigenvalue weighted by Crippen LogP contribution is 2.45. The fourth-order valence-corrected chi connectivity index (χ4v) is 4.54. The summed E-state index contributed by atoms with van der Waals surface area (Å²) in [6, 6.07) is 11.5. The standard InChI is InChI=1S/C26H31N3O3/c1-5-7-13-32-19-10-8-18(9-11-19)25-22-23(21-17(4)14-16(3)15-20(21)30)27-28-24(22)26(31)29(25)12-6-2/h8-11,14-15,25,30H,5-7,12-13H2,1-4H3,(H,27,28). The van der Waals surface area contributed by atoms with Crippen molar-refractivity contribution in [3.63, 3.8) is 0 Å². The number of fused-ring (bicyclic) bond motifs is 1. The molecule has 1 aliphatic rings. The van der Waals surface area contributed by atoms with Gasteiger partial charge in [-0.05, 0) is 61.6 Å². The molecule has 6 nitrogen and oxygen atoms in total. The average molecular weight is 434 g/mol. The van der Waals surface area contributed by atoms with Crippen molar-refractivity contribution in [2.75, 3.05) is 13.2 Å². The second kappa shape index (κ2) is 9.07. The van der Waals surface area contributed by atoms with Crippen LogP contribution in [0.1, 0.15) is 71.9 Å². The van der Waals surface area contributed by atoms with Crippen molar-refractivity contribution >= 4 is 5.91 Å². The van der Waals surface area contributed by atoms with E-state index in [9.17, 15) is 9.90 Å². The lowest BCUT2D eigenvalue weighted by Crippen LogP contribution is -2.30. The molecule has 6 heteroatoms. The molecule has 0 aliphatic carbocycles. The summed E-state index contributed by atoms with van der Waals surface area (Å²) in [5.41, 5.74) is 5.54. The Morgan fingerprint density at radius 1 is 1.12 bits per heavy atom. The monoisotopic (exact) mass is 433 g/mol. The number of H-pyrrole nitrogens is 1. The first-order valence-corrected chi connectivity index (χ1v) is 11.4. The molecule has 32 heavy (non-hydrogen) atoms. The van der Waals surface area contributed by atoms with E-state index >= 15 is 0 Å². The second-order valence-corrected chi connectivity index (χ2v) is 8.51. The van der Waals surface area contributed by atoms with Crippen molar-refractivity contribution in [1.29, 1.82) is 0 Å². The molecule has 1 atom stereocenters. The van der Waals surface area contributed by atoms with Gasteiger partial charge >= 0.3 is 0 Å². The van der Waals surface area contributed by atoms with Crippen LogP contribution >= 0.6 is 0 Å². The predicted molar refractivity (Wildman–Crippen MR) is 125 cm³/mol. The van der Waals surface area contributed by atoms with E-state index in [1.807, 2.05) is 49.1 Å². The molecular formula is C26H31N3O3. The Kier molecular flexibility index (Phi) is 6.21. The van der Waals surface area contributed by atoms with Gasteiger partial charge in [0, 0.05) is 17.7 Å². The Bertz CT molecular complexity index is 1090. The lowest BCUT2D eigenvalue weighted by Gasteiger charge is -2.26. The van der Waals surface area contributed by atoms with Crippen LogP contribution in [0.5, 0.6) is 11.5 Å². The largest absolute Gasteiger partial charge is 0.507 e. The normalized spacial score (nSPS) is 15.3. The molecule has 1 aromatic heterocycles. The van der Waals surface area contributed by atoms with Gasteiger partial charge in [-0.25, -0.2) is 0 Å². The van der Waals surface area contributed by atoms with Crippen LogP contribution in [0.3, 0.4) is 0 Å². The summed E-state index contributed by atoms with van der Waals surface area (Å²) in [5, 5.41) is 18.2. The Balaban J connectivity index is 1.79. The summed E-state index contributed by atoms with van der Waals surface area (Å²) in [6.07, 6.45) is 2.96. The zero-order valence-electron chi connectivity index (χ0n) is 19.2. The van der Waals surface area contributed by atoms with E-state index in [0.29, 0.717) is 30.1 Å². The number of benzene rings is 2. The number of aromatic nitrogens is 2. The third-order valence-electron chi connectivity index (χ3n) is 5.99. The molecule has 1 aliphatic heterocycles. The van der Waals surface area contributed by atoms with Crippen LogP contribution in [0.25, 0.3) is 11.3 Å². The van der Waals surface area contributed by atoms with Crippen molar-refractivity contribution in [3.05, 3.63) is 64.3 Å². The number of nitrogens with one attached hydrogen (secondary N) is 1. The van der Waals surface area contributed by atoms with Gasteiger partial charge in [-0.2, -0.15) is 5.10 Å². The van der Waals surface area contributed by atoms with E-state index in [-0.39, 0.29) is 17.7 Å². The number of amides is 1. The highest BCUT2D eigenvalue weighted by molar-refractivity contribution is 6.00. The molecule has 168 valence electrons. The van der Waals surface area contributed by atoms with Crippen LogP contribution < -0.4 is 4.74 Å². The van der Waals surface area contributed by atoms with E-state index in [1.165, 1.54) is 0 Å². The first kappa shape index (κ1) is 21.9. The van der Waals surface area contributed by atoms with Gasteiger partial charge in [-0.15, -0.1) is 0 Å². The summed E-state index contributed by atoms with van der Waals surface area (Å²) >= 11 is 0. The SMILES string of the molecule is CCCCOc1ccc(C2c3c(-c4c(C)cc(C)cc4O)n[nH]c3C(=O)N2CCC)cc1. The molecule has 3 aromatic rings. The number of phenolic OH excluding ortho intramolecular Hbond substituents is 1. The van der Waals surface area contributed by atoms with E-state index in [4.69, 9.17) is 4.74 Å². The highest BCUT2D eigenvalue weighted by Gasteiger charge is 2.42. The number of aryl methyl sites for hydroxylation is 2. The van der Waals surface area contributed by atoms with Gasteiger partial charge in [0.25, 0.3) is 5.91 Å². The number of aromatic hydroxyl groups is 1. The van der Waals surface area contributed by atoms with Gasteiger partial charge in [0.05, 0.1) is 12.6 Å². The molecule has 1 amide bonds. The minimum Gasteiger partial charge on any atom is -0.507 e. The minimum absolute atomic E-state index is 0.0573. The maximum atomic E-state index is 13.2. The summed E-state index contributed by atoms with van der Waals surface area (Å²) in [4.78, 5) is 15.1. The van der Waals surface area contributed by atoms with Gasteiger partial charge in [0.1, 0.15) is 22.9 Å². The molecule has 1 unspecified atom stereocenters. The number of nitrogens with zero attached hydrogens (tertiary/aromatic N) is 2. The lowest BCUT2D eigenvalue weighted by molar-refractivity contribution is 0.0744. The number of rotatable bonds is 8. The van der Waals surface area contributed by atoms with E-state index < -0.39 is 0 Å². The zero-order chi connectivity index (χ0) is 22.8. The fourth-order valence-electron chi connectivity index (χ4n) is 4.54. The fraction of sp³-hybridized carbons (Fsp3) is 0.385. The zero-order valence-corrected chi connectivity index (χ0v) is 19.2. The molecule has 0 bridgehead atoms. The van der Waals surface area contributed by atoms with Crippen molar-refractivity contribution in [3.8, 4) is 22.8 Å². The van der Waals surface area contributed by atoms with Crippen LogP contribution in [-0.2, 0) is 0 Å². The van der Waals surface area contributed by atoms with E-state index in [1.54, 1.807) is 6.07 Å². The summed E-state index contributed by atoms with van der Waals surface area (Å²) in [7, 11) is 0. The van der Waals surface area contributed by atoms with Crippen molar-refractivity contribution in [1.82, 2.24) is 15.1 Å². The van der Waals surface area contributed by atoms with Crippen molar-refractivity contribution in [2.24, 2.45) is 0 Å². The van der Waals surface area contributed by atoms with Crippen LogP contribution in [0.4, 0.5) is 0 Å². The maximum absolute atomic E-state index is 13.2. The Morgan fingerprint density at radius 3 is 2.53 bits per heavy atom. The smallest absolute Gasteiger partial charge is 0.273 e. The molecule has 0 radical (unpaired) electrons. The predicted octanol–water partition coefficient (Wildman–Crippen LogP) is 5.53. The first-order chi connectivity index (χ1) is 15.5. The summed E-state index contributed by atoms with van der Waals surface area (Å²) in [5.74, 6) is 0.947. The summed E-state index contributed by atoms with van der Waals surface area (Å²) < 4.78 is 5.82. The minimum atomic E-state index is -0.268. The van der Waals surface area contributed by atoms with Crippen molar-refractivity contribution in [2.45, 2.75) is 53.0 Å². The number of phenols is 1. The molecule has 0 saturated heterocycles. The Morgan fingerprint density at radius 2 is 1.88 bits per heavy atom. The molecular weight excluding hydrogens is 402 g/mol. The van der Waals surface area contributed by atoms with Crippen LogP contribution in [0.15, 0.2) is 36.4 Å². The molecule has 2 heterocycles. The van der Waals surface area contributed by atoms with Crippen LogP contribution in [0, 0.1) is 13.8 Å². The number of hydrogen-bond acceptors (Lipinski definition) is 4. The third-order valence-corrected chi connectivity index (χ3v) is 5.99. The molecule has 0 spiro atoms. The van der Waals surface area contributed by atoms with Crippen molar-refractivity contribution < 1.29 is 14.6 Å². The molecule has 0 fully saturated rings.